The molecular formula is C17H16N4NaO5S2. The van der Waals surface area contributed by atoms with E-state index in [1.165, 1.54) is 30.3 Å². The molecule has 0 aromatic heterocycles. The molecule has 1 aliphatic heterocycles. The van der Waals surface area contributed by atoms with Crippen LogP contribution in [0.5, 0.6) is 5.75 Å². The van der Waals surface area contributed by atoms with Crippen LogP contribution in [0, 0.1) is 0 Å². The second-order valence-corrected chi connectivity index (χ2v) is 8.95. The maximum atomic E-state index is 12.6. The number of para-hydroxylation sites is 1. The van der Waals surface area contributed by atoms with E-state index in [9.17, 15) is 13.2 Å². The topological polar surface area (TPSA) is 121 Å². The Morgan fingerprint density at radius 3 is 2.52 bits per heavy atom. The fraction of sp³-hybridized carbons (Fsp3) is 0.176. The maximum absolute atomic E-state index is 12.6. The molecule has 1 N–H and O–H groups in total. The van der Waals surface area contributed by atoms with E-state index in [0.29, 0.717) is 17.1 Å². The smallest absolute Gasteiger partial charge is 0.324 e. The largest absolute Gasteiger partial charge is 0.494 e. The molecule has 9 nitrogen and oxygen atoms in total. The van der Waals surface area contributed by atoms with Gasteiger partial charge in [-0.25, -0.2) is 0 Å². The van der Waals surface area contributed by atoms with Crippen molar-refractivity contribution in [1.82, 2.24) is 0 Å². The molecule has 2 aromatic rings. The number of amides is 1. The van der Waals surface area contributed by atoms with Crippen molar-refractivity contribution in [2.75, 3.05) is 12.1 Å². The standard InChI is InChI=1S/C17H16N4O5S2.Na/c1-11-16(17(22)21(20-11)12-6-4-3-5-7-12)19-18-14-9-8-13(10-15(14)26-2)27-28(23,24)25;/h3-10,16H,1-2H3,(H,23,24,25);. The van der Waals surface area contributed by atoms with Crippen LogP contribution in [-0.2, 0) is 13.9 Å². The minimum Gasteiger partial charge on any atom is -0.494 e. The molecule has 0 aliphatic carbocycles. The fourth-order valence-electron chi connectivity index (χ4n) is 2.48. The first-order valence-electron chi connectivity index (χ1n) is 7.98. The maximum Gasteiger partial charge on any atom is 0.324 e. The molecular weight excluding hydrogens is 427 g/mol. The van der Waals surface area contributed by atoms with Crippen molar-refractivity contribution in [3.63, 3.8) is 0 Å². The summed E-state index contributed by atoms with van der Waals surface area (Å²) < 4.78 is 36.1. The Kier molecular flexibility index (Phi) is 7.97. The second kappa shape index (κ2) is 9.83. The molecule has 2 aromatic carbocycles. The number of nitrogens with zero attached hydrogens (tertiary/aromatic N) is 4. The zero-order valence-electron chi connectivity index (χ0n) is 15.9. The molecule has 1 atom stereocenters. The summed E-state index contributed by atoms with van der Waals surface area (Å²) in [5, 5.41) is 13.7. The van der Waals surface area contributed by atoms with Gasteiger partial charge in [0.05, 0.1) is 18.5 Å². The van der Waals surface area contributed by atoms with Crippen LogP contribution in [0.15, 0.2) is 68.8 Å². The molecule has 0 saturated carbocycles. The van der Waals surface area contributed by atoms with E-state index >= 15 is 0 Å². The van der Waals surface area contributed by atoms with Gasteiger partial charge < -0.3 is 4.74 Å². The quantitative estimate of drug-likeness (QED) is 0.317. The van der Waals surface area contributed by atoms with Gasteiger partial charge in [-0.1, -0.05) is 18.2 Å². The Hall–Kier alpha value is -1.76. The van der Waals surface area contributed by atoms with Gasteiger partial charge in [0, 0.05) is 45.2 Å². The number of rotatable bonds is 6. The number of benzene rings is 2. The number of azo groups is 1. The average Bonchev–Trinajstić information content (AvgIpc) is 2.94. The van der Waals surface area contributed by atoms with E-state index in [2.05, 4.69) is 15.3 Å². The summed E-state index contributed by atoms with van der Waals surface area (Å²) in [6.07, 6.45) is 0. The van der Waals surface area contributed by atoms with Gasteiger partial charge in [0.15, 0.2) is 6.04 Å². The van der Waals surface area contributed by atoms with Gasteiger partial charge in [-0.3, -0.25) is 9.35 Å². The molecule has 1 unspecified atom stereocenters. The Labute approximate surface area is 193 Å². The molecule has 0 bridgehead atoms. The molecule has 3 rings (SSSR count). The fourth-order valence-corrected chi connectivity index (χ4v) is 4.04. The second-order valence-electron chi connectivity index (χ2n) is 5.69. The van der Waals surface area contributed by atoms with E-state index in [4.69, 9.17) is 9.29 Å². The first-order chi connectivity index (χ1) is 13.3. The first kappa shape index (κ1) is 23.5. The van der Waals surface area contributed by atoms with Crippen molar-refractivity contribution in [3.8, 4) is 5.75 Å². The van der Waals surface area contributed by atoms with Gasteiger partial charge in [-0.05, 0) is 37.3 Å². The SMILES string of the molecule is COc1cc(SS(=O)(=O)O)ccc1N=NC1C(=O)N(c2ccccc2)N=C1C.[Na]. The first-order valence-corrected chi connectivity index (χ1v) is 10.8. The Balaban J connectivity index is 0.00000300. The Bertz CT molecular complexity index is 1060. The van der Waals surface area contributed by atoms with Crippen molar-refractivity contribution in [3.05, 3.63) is 48.5 Å². The van der Waals surface area contributed by atoms with Gasteiger partial charge in [0.1, 0.15) is 11.4 Å². The van der Waals surface area contributed by atoms with Crippen molar-refractivity contribution >= 4 is 72.5 Å². The molecule has 147 valence electrons. The van der Waals surface area contributed by atoms with Crippen LogP contribution < -0.4 is 9.75 Å². The van der Waals surface area contributed by atoms with Crippen molar-refractivity contribution in [2.45, 2.75) is 17.9 Å². The summed E-state index contributed by atoms with van der Waals surface area (Å²) in [5.41, 5.74) is 1.43. The number of ether oxygens (including phenoxy) is 1. The number of hydrogen-bond acceptors (Lipinski definition) is 8. The summed E-state index contributed by atoms with van der Waals surface area (Å²) >= 11 is 0. The molecule has 0 spiro atoms. The molecule has 0 saturated heterocycles. The monoisotopic (exact) mass is 443 g/mol. The summed E-state index contributed by atoms with van der Waals surface area (Å²) in [5.74, 6) is -0.0812. The number of hydrazone groups is 1. The molecule has 1 amide bonds. The van der Waals surface area contributed by atoms with Gasteiger partial charge in [0.2, 0.25) is 0 Å². The zero-order chi connectivity index (χ0) is 20.3. The van der Waals surface area contributed by atoms with Gasteiger partial charge in [0.25, 0.3) is 5.91 Å². The van der Waals surface area contributed by atoms with Crippen LogP contribution in [0.3, 0.4) is 0 Å². The van der Waals surface area contributed by atoms with Gasteiger partial charge in [-0.15, -0.1) is 0 Å². The van der Waals surface area contributed by atoms with Crippen LogP contribution in [0.1, 0.15) is 6.92 Å². The van der Waals surface area contributed by atoms with Crippen LogP contribution in [0.4, 0.5) is 11.4 Å². The van der Waals surface area contributed by atoms with Gasteiger partial charge >= 0.3 is 9.15 Å². The number of carbonyl (C=O) groups excluding carboxylic acids is 1. The average molecular weight is 443 g/mol. The minimum atomic E-state index is -4.25. The molecule has 0 fully saturated rings. The van der Waals surface area contributed by atoms with E-state index < -0.39 is 15.2 Å². The molecule has 1 heterocycles. The summed E-state index contributed by atoms with van der Waals surface area (Å²) in [6, 6.07) is 12.5. The van der Waals surface area contributed by atoms with Crippen molar-refractivity contribution in [1.29, 1.82) is 0 Å². The third kappa shape index (κ3) is 5.87. The molecule has 29 heavy (non-hydrogen) atoms. The van der Waals surface area contributed by atoms with Gasteiger partial charge in [-0.2, -0.15) is 28.8 Å². The third-order valence-electron chi connectivity index (χ3n) is 3.73. The Morgan fingerprint density at radius 1 is 1.21 bits per heavy atom. The number of hydrogen-bond donors (Lipinski definition) is 1. The van der Waals surface area contributed by atoms with Crippen molar-refractivity contribution in [2.24, 2.45) is 15.3 Å². The van der Waals surface area contributed by atoms with Crippen LogP contribution >= 0.6 is 10.8 Å². The van der Waals surface area contributed by atoms with Crippen molar-refractivity contribution < 1.29 is 22.5 Å². The summed E-state index contributed by atoms with van der Waals surface area (Å²) in [7, 11) is -2.58. The van der Waals surface area contributed by atoms with Crippen LogP contribution in [-0.4, -0.2) is 67.3 Å². The molecule has 1 aliphatic rings. The normalized spacial score (nSPS) is 16.7. The van der Waals surface area contributed by atoms with E-state index in [1.54, 1.807) is 31.2 Å². The van der Waals surface area contributed by atoms with Crippen LogP contribution in [0.2, 0.25) is 0 Å². The predicted octanol–water partition coefficient (Wildman–Crippen LogP) is 3.08. The summed E-state index contributed by atoms with van der Waals surface area (Å²) in [6.45, 7) is 1.69. The summed E-state index contributed by atoms with van der Waals surface area (Å²) in [4.78, 5) is 12.9. The molecule has 12 heteroatoms. The minimum absolute atomic E-state index is 0. The number of carbonyl (C=O) groups is 1. The van der Waals surface area contributed by atoms with E-state index in [-0.39, 0.29) is 56.9 Å². The number of methoxy groups -OCH3 is 1. The third-order valence-corrected chi connectivity index (χ3v) is 5.60. The van der Waals surface area contributed by atoms with E-state index in [0.717, 1.165) is 0 Å². The molecule has 1 radical (unpaired) electrons. The number of anilines is 1. The van der Waals surface area contributed by atoms with E-state index in [1.807, 2.05) is 6.07 Å². The predicted molar refractivity (Wildman–Crippen MR) is 111 cm³/mol. The zero-order valence-corrected chi connectivity index (χ0v) is 19.5. The van der Waals surface area contributed by atoms with Crippen LogP contribution in [0.25, 0.3) is 0 Å². The Morgan fingerprint density at radius 2 is 1.90 bits per heavy atom.